The van der Waals surface area contributed by atoms with Crippen molar-refractivity contribution in [3.63, 3.8) is 0 Å². The normalized spacial score (nSPS) is 11.2. The molecule has 5 aromatic rings. The van der Waals surface area contributed by atoms with Gasteiger partial charge in [0.2, 0.25) is 5.82 Å². The number of aromatic amines is 1. The van der Waals surface area contributed by atoms with Crippen LogP contribution in [-0.2, 0) is 13.1 Å². The number of fused-ring (bicyclic) bond motifs is 2. The molecule has 9 heteroatoms. The first-order valence-electron chi connectivity index (χ1n) is 10.1. The molecule has 0 radical (unpaired) electrons. The molecule has 2 aromatic carbocycles. The van der Waals surface area contributed by atoms with Gasteiger partial charge in [0.05, 0.1) is 17.4 Å². The smallest absolute Gasteiger partial charge is 0.294 e. The van der Waals surface area contributed by atoms with Crippen LogP contribution in [0.3, 0.4) is 0 Å². The van der Waals surface area contributed by atoms with E-state index in [1.807, 2.05) is 43.3 Å². The van der Waals surface area contributed by atoms with Crippen molar-refractivity contribution in [3.05, 3.63) is 100 Å². The molecular formula is C23H19N7O2. The molecule has 0 aliphatic rings. The minimum absolute atomic E-state index is 0.0332. The molecule has 0 atom stereocenters. The molecular weight excluding hydrogens is 406 g/mol. The van der Waals surface area contributed by atoms with Crippen molar-refractivity contribution in [3.8, 4) is 0 Å². The second-order valence-electron chi connectivity index (χ2n) is 7.41. The van der Waals surface area contributed by atoms with Crippen molar-refractivity contribution in [1.82, 2.24) is 34.4 Å². The highest BCUT2D eigenvalue weighted by atomic mass is 16.2. The van der Waals surface area contributed by atoms with Crippen molar-refractivity contribution in [2.45, 2.75) is 20.0 Å². The molecule has 0 aliphatic carbocycles. The summed E-state index contributed by atoms with van der Waals surface area (Å²) in [5.74, 6) is 0.390. The lowest BCUT2D eigenvalue weighted by molar-refractivity contribution is 0.0713. The van der Waals surface area contributed by atoms with Crippen molar-refractivity contribution in [2.75, 3.05) is 0 Å². The van der Waals surface area contributed by atoms with Crippen LogP contribution in [0.15, 0.2) is 71.7 Å². The zero-order chi connectivity index (χ0) is 22.1. The second kappa shape index (κ2) is 8.03. The van der Waals surface area contributed by atoms with Gasteiger partial charge in [0, 0.05) is 18.4 Å². The molecule has 0 unspecified atom stereocenters. The number of nitrogens with zero attached hydrogens (tertiary/aromatic N) is 6. The van der Waals surface area contributed by atoms with Gasteiger partial charge in [0.15, 0.2) is 0 Å². The monoisotopic (exact) mass is 425 g/mol. The van der Waals surface area contributed by atoms with Gasteiger partial charge >= 0.3 is 0 Å². The van der Waals surface area contributed by atoms with Crippen LogP contribution in [0.2, 0.25) is 0 Å². The first-order chi connectivity index (χ1) is 15.6. The standard InChI is InChI=1S/C23H19N7O2/c1-15-11-12-24-23-27-20(28-30(15)23)22(32)29(13-16-7-3-2-4-8-16)14-19-25-18-10-6-5-9-17(18)21(31)26-19/h2-12H,13-14H2,1H3,(H,25,26,31). The van der Waals surface area contributed by atoms with Crippen molar-refractivity contribution in [2.24, 2.45) is 0 Å². The lowest BCUT2D eigenvalue weighted by atomic mass is 10.2. The number of aromatic nitrogens is 6. The Morgan fingerprint density at radius 2 is 1.78 bits per heavy atom. The Hall–Kier alpha value is -4.40. The third-order valence-electron chi connectivity index (χ3n) is 5.13. The first kappa shape index (κ1) is 19.6. The Morgan fingerprint density at radius 1 is 1.00 bits per heavy atom. The van der Waals surface area contributed by atoms with Crippen LogP contribution in [0.1, 0.15) is 27.7 Å². The summed E-state index contributed by atoms with van der Waals surface area (Å²) in [5.41, 5.74) is 2.08. The predicted molar refractivity (Wildman–Crippen MR) is 118 cm³/mol. The fourth-order valence-electron chi connectivity index (χ4n) is 3.53. The van der Waals surface area contributed by atoms with Gasteiger partial charge in [0.1, 0.15) is 5.82 Å². The Morgan fingerprint density at radius 3 is 2.59 bits per heavy atom. The van der Waals surface area contributed by atoms with Crippen molar-refractivity contribution >= 4 is 22.6 Å². The Bertz CT molecular complexity index is 1490. The maximum atomic E-state index is 13.4. The molecule has 0 saturated heterocycles. The van der Waals surface area contributed by atoms with E-state index < -0.39 is 0 Å². The van der Waals surface area contributed by atoms with Crippen molar-refractivity contribution in [1.29, 1.82) is 0 Å². The third-order valence-corrected chi connectivity index (χ3v) is 5.13. The first-order valence-corrected chi connectivity index (χ1v) is 10.1. The average Bonchev–Trinajstić information content (AvgIpc) is 3.25. The molecule has 0 spiro atoms. The highest BCUT2D eigenvalue weighted by Gasteiger charge is 2.23. The molecule has 1 amide bonds. The van der Waals surface area contributed by atoms with E-state index >= 15 is 0 Å². The van der Waals surface area contributed by atoms with Crippen LogP contribution in [0, 0.1) is 6.92 Å². The van der Waals surface area contributed by atoms with Crippen LogP contribution in [0.4, 0.5) is 0 Å². The van der Waals surface area contributed by atoms with Crippen LogP contribution in [0.25, 0.3) is 16.7 Å². The molecule has 1 N–H and O–H groups in total. The van der Waals surface area contributed by atoms with E-state index in [2.05, 4.69) is 25.0 Å². The Balaban J connectivity index is 1.53. The maximum Gasteiger partial charge on any atom is 0.294 e. The second-order valence-corrected chi connectivity index (χ2v) is 7.41. The molecule has 0 saturated carbocycles. The number of hydrogen-bond acceptors (Lipinski definition) is 6. The van der Waals surface area contributed by atoms with Gasteiger partial charge in [-0.05, 0) is 30.7 Å². The van der Waals surface area contributed by atoms with E-state index in [-0.39, 0.29) is 23.8 Å². The van der Waals surface area contributed by atoms with E-state index in [4.69, 9.17) is 0 Å². The summed E-state index contributed by atoms with van der Waals surface area (Å²) in [6, 6.07) is 18.5. The summed E-state index contributed by atoms with van der Waals surface area (Å²) in [7, 11) is 0. The highest BCUT2D eigenvalue weighted by Crippen LogP contribution is 2.13. The number of para-hydroxylation sites is 1. The number of aryl methyl sites for hydroxylation is 1. The number of carbonyl (C=O) groups is 1. The third kappa shape index (κ3) is 3.71. The van der Waals surface area contributed by atoms with Crippen LogP contribution < -0.4 is 5.56 Å². The summed E-state index contributed by atoms with van der Waals surface area (Å²) >= 11 is 0. The van der Waals surface area contributed by atoms with E-state index in [0.717, 1.165) is 11.3 Å². The quantitative estimate of drug-likeness (QED) is 0.463. The van der Waals surface area contributed by atoms with Gasteiger partial charge in [-0.3, -0.25) is 9.59 Å². The van der Waals surface area contributed by atoms with Gasteiger partial charge < -0.3 is 9.88 Å². The summed E-state index contributed by atoms with van der Waals surface area (Å²) in [4.78, 5) is 43.3. The lowest BCUT2D eigenvalue weighted by Crippen LogP contribution is -2.32. The lowest BCUT2D eigenvalue weighted by Gasteiger charge is -2.21. The molecule has 0 fully saturated rings. The molecule has 5 rings (SSSR count). The molecule has 32 heavy (non-hydrogen) atoms. The molecule has 0 aliphatic heterocycles. The Labute approximate surface area is 182 Å². The molecule has 9 nitrogen and oxygen atoms in total. The minimum atomic E-state index is -0.380. The topological polar surface area (TPSA) is 109 Å². The number of carbonyl (C=O) groups excluding carboxylic acids is 1. The number of benzene rings is 2. The van der Waals surface area contributed by atoms with E-state index in [0.29, 0.717) is 29.0 Å². The predicted octanol–water partition coefficient (Wildman–Crippen LogP) is 2.51. The summed E-state index contributed by atoms with van der Waals surface area (Å²) in [6.45, 7) is 2.26. The summed E-state index contributed by atoms with van der Waals surface area (Å²) in [6.07, 6.45) is 1.62. The average molecular weight is 425 g/mol. The van der Waals surface area contributed by atoms with Crippen LogP contribution >= 0.6 is 0 Å². The minimum Gasteiger partial charge on any atom is -0.324 e. The highest BCUT2D eigenvalue weighted by molar-refractivity contribution is 5.90. The fourth-order valence-corrected chi connectivity index (χ4v) is 3.53. The molecule has 0 bridgehead atoms. The van der Waals surface area contributed by atoms with Gasteiger partial charge in [-0.2, -0.15) is 4.98 Å². The zero-order valence-corrected chi connectivity index (χ0v) is 17.3. The van der Waals surface area contributed by atoms with E-state index in [1.165, 1.54) is 4.52 Å². The van der Waals surface area contributed by atoms with Crippen LogP contribution in [-0.4, -0.2) is 40.4 Å². The Kier molecular flexibility index (Phi) is 4.91. The SMILES string of the molecule is Cc1ccnc2nc(C(=O)N(Cc3ccccc3)Cc3nc4ccccc4c(=O)[nH]3)nn12. The van der Waals surface area contributed by atoms with Gasteiger partial charge in [-0.15, -0.1) is 5.10 Å². The van der Waals surface area contributed by atoms with E-state index in [1.54, 1.807) is 35.4 Å². The number of nitrogens with one attached hydrogen (secondary N) is 1. The van der Waals surface area contributed by atoms with Gasteiger partial charge in [0.25, 0.3) is 17.2 Å². The van der Waals surface area contributed by atoms with E-state index in [9.17, 15) is 9.59 Å². The largest absolute Gasteiger partial charge is 0.324 e. The summed E-state index contributed by atoms with van der Waals surface area (Å²) in [5, 5.41) is 4.84. The van der Waals surface area contributed by atoms with Gasteiger partial charge in [-0.1, -0.05) is 42.5 Å². The van der Waals surface area contributed by atoms with Crippen LogP contribution in [0.5, 0.6) is 0 Å². The molecule has 158 valence electrons. The molecule has 3 heterocycles. The summed E-state index contributed by atoms with van der Waals surface area (Å²) < 4.78 is 1.53. The number of amides is 1. The number of hydrogen-bond donors (Lipinski definition) is 1. The fraction of sp³-hybridized carbons (Fsp3) is 0.130. The van der Waals surface area contributed by atoms with Crippen molar-refractivity contribution < 1.29 is 4.79 Å². The number of rotatable bonds is 5. The number of H-pyrrole nitrogens is 1. The maximum absolute atomic E-state index is 13.4. The molecule has 3 aromatic heterocycles. The van der Waals surface area contributed by atoms with Gasteiger partial charge in [-0.25, -0.2) is 14.5 Å². The zero-order valence-electron chi connectivity index (χ0n) is 17.3.